The van der Waals surface area contributed by atoms with Crippen molar-refractivity contribution in [1.29, 1.82) is 0 Å². The quantitative estimate of drug-likeness (QED) is 0.743. The van der Waals surface area contributed by atoms with Crippen LogP contribution in [-0.4, -0.2) is 47.1 Å². The first-order valence-electron chi connectivity index (χ1n) is 8.29. The molecule has 3 aromatic rings. The fraction of sp³-hybridized carbons (Fsp3) is 0.294. The fourth-order valence-corrected chi connectivity index (χ4v) is 5.05. The third kappa shape index (κ3) is 2.83. The number of aromatic nitrogens is 3. The molecule has 1 atom stereocenters. The lowest BCUT2D eigenvalue weighted by Gasteiger charge is -2.35. The maximum atomic E-state index is 13.5. The van der Waals surface area contributed by atoms with Crippen LogP contribution in [0.3, 0.4) is 0 Å². The Morgan fingerprint density at radius 1 is 1.23 bits per heavy atom. The number of nitrogens with one attached hydrogen (secondary N) is 1. The van der Waals surface area contributed by atoms with Crippen molar-refractivity contribution < 1.29 is 12.9 Å². The minimum absolute atomic E-state index is 0.206. The zero-order valence-corrected chi connectivity index (χ0v) is 15.1. The predicted molar refractivity (Wildman–Crippen MR) is 94.6 cm³/mol. The van der Waals surface area contributed by atoms with E-state index in [1.54, 1.807) is 36.5 Å². The largest absolute Gasteiger partial charge is 0.356 e. The molecule has 1 fully saturated rings. The Labute approximate surface area is 151 Å². The van der Waals surface area contributed by atoms with Gasteiger partial charge in [-0.25, -0.2) is 13.4 Å². The number of rotatable bonds is 4. The molecule has 0 amide bonds. The summed E-state index contributed by atoms with van der Waals surface area (Å²) in [6.07, 6.45) is 4.99. The number of benzene rings is 1. The summed E-state index contributed by atoms with van der Waals surface area (Å²) in [6.45, 7) is 1.46. The highest BCUT2D eigenvalue weighted by Crippen LogP contribution is 2.33. The van der Waals surface area contributed by atoms with E-state index in [2.05, 4.69) is 15.5 Å². The standard InChI is InChI=1S/C17H19N5O3S/c1-21-10-9-19-17(21)14-12-18-8-11-22(14)26(23,24)16-5-3-2-4-13(16)15-6-7-20-25-15/h2-7,9-10,14,18H,8,11-12H2,1H3. The van der Waals surface area contributed by atoms with Gasteiger partial charge in [-0.15, -0.1) is 0 Å². The molecule has 1 aliphatic heterocycles. The molecule has 9 heteroatoms. The summed E-state index contributed by atoms with van der Waals surface area (Å²) in [5.41, 5.74) is 0.502. The van der Waals surface area contributed by atoms with Crippen molar-refractivity contribution in [2.45, 2.75) is 10.9 Å². The third-order valence-corrected chi connectivity index (χ3v) is 6.49. The first-order chi connectivity index (χ1) is 12.6. The van der Waals surface area contributed by atoms with E-state index in [4.69, 9.17) is 4.52 Å². The molecule has 0 radical (unpaired) electrons. The molecule has 136 valence electrons. The minimum atomic E-state index is -3.76. The fourth-order valence-electron chi connectivity index (χ4n) is 3.27. The summed E-state index contributed by atoms with van der Waals surface area (Å²) in [4.78, 5) is 4.56. The first-order valence-corrected chi connectivity index (χ1v) is 9.73. The van der Waals surface area contributed by atoms with Gasteiger partial charge in [-0.05, 0) is 12.1 Å². The molecule has 1 N–H and O–H groups in total. The van der Waals surface area contributed by atoms with Crippen molar-refractivity contribution in [3.05, 3.63) is 54.7 Å². The van der Waals surface area contributed by atoms with Crippen LogP contribution in [0.25, 0.3) is 11.3 Å². The first kappa shape index (κ1) is 17.0. The van der Waals surface area contributed by atoms with Crippen molar-refractivity contribution >= 4 is 10.0 Å². The number of piperazine rings is 1. The van der Waals surface area contributed by atoms with Gasteiger partial charge >= 0.3 is 0 Å². The molecular weight excluding hydrogens is 354 g/mol. The Balaban J connectivity index is 1.80. The van der Waals surface area contributed by atoms with Gasteiger partial charge in [0.2, 0.25) is 10.0 Å². The number of hydrogen-bond donors (Lipinski definition) is 1. The van der Waals surface area contributed by atoms with Gasteiger partial charge in [0.15, 0.2) is 5.76 Å². The maximum absolute atomic E-state index is 13.5. The molecule has 2 aromatic heterocycles. The lowest BCUT2D eigenvalue weighted by molar-refractivity contribution is 0.258. The van der Waals surface area contributed by atoms with Gasteiger partial charge in [0.1, 0.15) is 5.82 Å². The van der Waals surface area contributed by atoms with Crippen LogP contribution in [0.1, 0.15) is 11.9 Å². The molecule has 26 heavy (non-hydrogen) atoms. The highest BCUT2D eigenvalue weighted by atomic mass is 32.2. The SMILES string of the molecule is Cn1ccnc1C1CNCCN1S(=O)(=O)c1ccccc1-c1ccno1. The highest BCUT2D eigenvalue weighted by molar-refractivity contribution is 7.89. The van der Waals surface area contributed by atoms with Crippen LogP contribution in [0.5, 0.6) is 0 Å². The Bertz CT molecular complexity index is 997. The lowest BCUT2D eigenvalue weighted by atomic mass is 10.2. The molecule has 0 spiro atoms. The van der Waals surface area contributed by atoms with Crippen molar-refractivity contribution in [2.75, 3.05) is 19.6 Å². The number of imidazole rings is 1. The van der Waals surface area contributed by atoms with E-state index < -0.39 is 10.0 Å². The molecule has 0 saturated carbocycles. The van der Waals surface area contributed by atoms with Crippen molar-refractivity contribution in [3.8, 4) is 11.3 Å². The summed E-state index contributed by atoms with van der Waals surface area (Å²) < 4.78 is 35.6. The number of aryl methyl sites for hydroxylation is 1. The summed E-state index contributed by atoms with van der Waals surface area (Å²) in [5, 5.41) is 6.95. The number of hydrogen-bond acceptors (Lipinski definition) is 6. The van der Waals surface area contributed by atoms with Gasteiger partial charge in [0, 0.05) is 50.7 Å². The Morgan fingerprint density at radius 2 is 2.08 bits per heavy atom. The molecule has 1 unspecified atom stereocenters. The van der Waals surface area contributed by atoms with E-state index >= 15 is 0 Å². The monoisotopic (exact) mass is 373 g/mol. The molecular formula is C17H19N5O3S. The average molecular weight is 373 g/mol. The predicted octanol–water partition coefficient (Wildman–Crippen LogP) is 1.41. The minimum Gasteiger partial charge on any atom is -0.356 e. The third-order valence-electron chi connectivity index (χ3n) is 4.53. The van der Waals surface area contributed by atoms with Gasteiger partial charge in [0.25, 0.3) is 0 Å². The topological polar surface area (TPSA) is 93.3 Å². The molecule has 4 rings (SSSR count). The molecule has 1 aliphatic rings. The number of sulfonamides is 1. The van der Waals surface area contributed by atoms with E-state index in [0.717, 1.165) is 0 Å². The van der Waals surface area contributed by atoms with Crippen LogP contribution in [0.2, 0.25) is 0 Å². The summed E-state index contributed by atoms with van der Waals surface area (Å²) in [7, 11) is -1.89. The summed E-state index contributed by atoms with van der Waals surface area (Å²) >= 11 is 0. The summed E-state index contributed by atoms with van der Waals surface area (Å²) in [5.74, 6) is 1.13. The molecule has 0 bridgehead atoms. The van der Waals surface area contributed by atoms with Crippen molar-refractivity contribution in [2.24, 2.45) is 7.05 Å². The zero-order valence-electron chi connectivity index (χ0n) is 14.2. The van der Waals surface area contributed by atoms with E-state index in [1.165, 1.54) is 10.5 Å². The molecule has 1 aromatic carbocycles. The van der Waals surface area contributed by atoms with Gasteiger partial charge in [-0.1, -0.05) is 17.3 Å². The highest BCUT2D eigenvalue weighted by Gasteiger charge is 2.37. The smallest absolute Gasteiger partial charge is 0.244 e. The average Bonchev–Trinajstić information content (AvgIpc) is 3.33. The number of nitrogens with zero attached hydrogens (tertiary/aromatic N) is 4. The second kappa shape index (κ2) is 6.67. The molecule has 1 saturated heterocycles. The van der Waals surface area contributed by atoms with Crippen LogP contribution in [0.4, 0.5) is 0 Å². The summed E-state index contributed by atoms with van der Waals surface area (Å²) in [6, 6.07) is 8.10. The van der Waals surface area contributed by atoms with Gasteiger partial charge in [-0.2, -0.15) is 4.31 Å². The van der Waals surface area contributed by atoms with E-state index in [9.17, 15) is 8.42 Å². The Kier molecular flexibility index (Phi) is 4.35. The van der Waals surface area contributed by atoms with Crippen LogP contribution in [0.15, 0.2) is 58.3 Å². The van der Waals surface area contributed by atoms with Crippen molar-refractivity contribution in [1.82, 2.24) is 24.3 Å². The molecule has 3 heterocycles. The maximum Gasteiger partial charge on any atom is 0.244 e. The van der Waals surface area contributed by atoms with Crippen LogP contribution in [-0.2, 0) is 17.1 Å². The van der Waals surface area contributed by atoms with Crippen LogP contribution < -0.4 is 5.32 Å². The Morgan fingerprint density at radius 3 is 2.81 bits per heavy atom. The lowest BCUT2D eigenvalue weighted by Crippen LogP contribution is -2.49. The van der Waals surface area contributed by atoms with Gasteiger partial charge in [0.05, 0.1) is 17.1 Å². The van der Waals surface area contributed by atoms with Gasteiger partial charge in [-0.3, -0.25) is 0 Å². The van der Waals surface area contributed by atoms with E-state index in [1.807, 2.05) is 17.8 Å². The van der Waals surface area contributed by atoms with E-state index in [0.29, 0.717) is 36.8 Å². The zero-order chi connectivity index (χ0) is 18.1. The normalized spacial score (nSPS) is 18.9. The molecule has 0 aliphatic carbocycles. The second-order valence-corrected chi connectivity index (χ2v) is 7.96. The van der Waals surface area contributed by atoms with Crippen molar-refractivity contribution in [3.63, 3.8) is 0 Å². The second-order valence-electron chi connectivity index (χ2n) is 6.10. The van der Waals surface area contributed by atoms with Crippen LogP contribution >= 0.6 is 0 Å². The Hall–Kier alpha value is -2.49. The van der Waals surface area contributed by atoms with Crippen LogP contribution in [0, 0.1) is 0 Å². The molecule has 8 nitrogen and oxygen atoms in total. The van der Waals surface area contributed by atoms with Gasteiger partial charge < -0.3 is 14.4 Å². The van der Waals surface area contributed by atoms with E-state index in [-0.39, 0.29) is 10.9 Å².